The fourth-order valence-corrected chi connectivity index (χ4v) is 8.40. The van der Waals surface area contributed by atoms with Crippen LogP contribution in [0.3, 0.4) is 0 Å². The summed E-state index contributed by atoms with van der Waals surface area (Å²) in [5.74, 6) is -0.225. The highest BCUT2D eigenvalue weighted by atomic mass is 16.2. The molecular weight excluding hydrogens is 711 g/mol. The number of benzene rings is 3. The second kappa shape index (κ2) is 14.7. The lowest BCUT2D eigenvalue weighted by Crippen LogP contribution is -2.58. The van der Waals surface area contributed by atoms with Crippen molar-refractivity contribution in [3.05, 3.63) is 95.7 Å². The summed E-state index contributed by atoms with van der Waals surface area (Å²) in [4.78, 5) is 69.5. The molecular formula is C41H43N11O4. The molecule has 3 aliphatic heterocycles. The van der Waals surface area contributed by atoms with E-state index in [0.29, 0.717) is 24.6 Å². The monoisotopic (exact) mass is 753 g/mol. The van der Waals surface area contributed by atoms with Crippen LogP contribution in [0.15, 0.2) is 79.0 Å². The van der Waals surface area contributed by atoms with E-state index in [2.05, 4.69) is 66.6 Å². The standard InChI is InChI=1S/C41H43N11O4/c1-48(25-26-11-16-32-33(23-26)38(55)52(37(32)54)50-22-19-35(53)46-41(50)56)29-17-20-49(21-18-29)30-14-12-28(13-15-30)43-39-42-24-34-36(47-39)51(31-9-5-6-10-31)40(45-34)44-27-7-3-2-4-8-27/h2-4,7-8,11-16,23-24,29,31H,5-6,9-10,17-22,25H2,1H3,(H,44,45)(H,42,43,47)(H,46,53,56). The Bertz CT molecular complexity index is 2320. The molecule has 3 aromatic carbocycles. The summed E-state index contributed by atoms with van der Waals surface area (Å²) in [6, 6.07) is 23.7. The molecule has 2 aromatic heterocycles. The molecule has 5 amide bonds. The number of nitrogens with zero attached hydrogens (tertiary/aromatic N) is 8. The normalized spacial score (nSPS) is 18.0. The largest absolute Gasteiger partial charge is 0.371 e. The lowest BCUT2D eigenvalue weighted by Gasteiger charge is -2.38. The van der Waals surface area contributed by atoms with Gasteiger partial charge in [0.25, 0.3) is 11.8 Å². The number of aromatic nitrogens is 4. The molecule has 3 N–H and O–H groups in total. The van der Waals surface area contributed by atoms with Gasteiger partial charge in [0.15, 0.2) is 5.65 Å². The van der Waals surface area contributed by atoms with Crippen molar-refractivity contribution in [3.8, 4) is 0 Å². The molecule has 3 fully saturated rings. The van der Waals surface area contributed by atoms with E-state index in [9.17, 15) is 19.2 Å². The molecule has 5 heterocycles. The van der Waals surface area contributed by atoms with E-state index in [4.69, 9.17) is 9.97 Å². The summed E-state index contributed by atoms with van der Waals surface area (Å²) in [6.45, 7) is 2.38. The molecule has 0 bridgehead atoms. The first kappa shape index (κ1) is 35.4. The molecule has 0 atom stereocenters. The van der Waals surface area contributed by atoms with Crippen molar-refractivity contribution in [2.45, 2.75) is 63.6 Å². The maximum Gasteiger partial charge on any atom is 0.343 e. The minimum Gasteiger partial charge on any atom is -0.371 e. The predicted octanol–water partition coefficient (Wildman–Crippen LogP) is 5.98. The van der Waals surface area contributed by atoms with Crippen LogP contribution in [0.4, 0.5) is 33.8 Å². The fraction of sp³-hybridized carbons (Fsp3) is 0.341. The Morgan fingerprint density at radius 3 is 2.29 bits per heavy atom. The summed E-state index contributed by atoms with van der Waals surface area (Å²) in [6.07, 6.45) is 8.36. The fourth-order valence-electron chi connectivity index (χ4n) is 8.40. The average Bonchev–Trinajstić information content (AvgIpc) is 3.92. The van der Waals surface area contributed by atoms with Crippen LogP contribution in [0.2, 0.25) is 0 Å². The summed E-state index contributed by atoms with van der Waals surface area (Å²) in [5.41, 5.74) is 6.07. The third kappa shape index (κ3) is 6.78. The summed E-state index contributed by atoms with van der Waals surface area (Å²) in [5, 5.41) is 10.9. The number of imidazole rings is 1. The number of carbonyl (C=O) groups excluding carboxylic acids is 4. The number of hydrogen-bond donors (Lipinski definition) is 3. The quantitative estimate of drug-likeness (QED) is 0.144. The number of fused-ring (bicyclic) bond motifs is 2. The molecule has 1 saturated carbocycles. The van der Waals surface area contributed by atoms with Gasteiger partial charge in [0, 0.05) is 55.2 Å². The summed E-state index contributed by atoms with van der Waals surface area (Å²) >= 11 is 0. The van der Waals surface area contributed by atoms with Gasteiger partial charge in [-0.1, -0.05) is 37.1 Å². The molecule has 0 spiro atoms. The molecule has 15 nitrogen and oxygen atoms in total. The number of anilines is 5. The van der Waals surface area contributed by atoms with Crippen molar-refractivity contribution in [2.24, 2.45) is 0 Å². The maximum absolute atomic E-state index is 13.3. The van der Waals surface area contributed by atoms with Crippen LogP contribution >= 0.6 is 0 Å². The van der Waals surface area contributed by atoms with Crippen LogP contribution in [0.1, 0.15) is 77.3 Å². The highest BCUT2D eigenvalue weighted by Gasteiger charge is 2.43. The second-order valence-corrected chi connectivity index (χ2v) is 15.0. The zero-order valence-corrected chi connectivity index (χ0v) is 31.1. The van der Waals surface area contributed by atoms with Gasteiger partial charge >= 0.3 is 6.03 Å². The lowest BCUT2D eigenvalue weighted by atomic mass is 10.0. The van der Waals surface area contributed by atoms with E-state index in [-0.39, 0.29) is 24.1 Å². The number of piperidine rings is 1. The smallest absolute Gasteiger partial charge is 0.343 e. The molecule has 0 radical (unpaired) electrons. The Morgan fingerprint density at radius 2 is 1.54 bits per heavy atom. The number of hydrogen-bond acceptors (Lipinski definition) is 11. The molecule has 0 unspecified atom stereocenters. The van der Waals surface area contributed by atoms with Gasteiger partial charge in [0.2, 0.25) is 17.8 Å². The van der Waals surface area contributed by atoms with E-state index in [1.54, 1.807) is 18.3 Å². The van der Waals surface area contributed by atoms with Crippen molar-refractivity contribution >= 4 is 63.9 Å². The topological polar surface area (TPSA) is 161 Å². The molecule has 9 rings (SSSR count). The van der Waals surface area contributed by atoms with Crippen molar-refractivity contribution in [2.75, 3.05) is 42.2 Å². The number of amides is 5. The third-order valence-electron chi connectivity index (χ3n) is 11.4. The summed E-state index contributed by atoms with van der Waals surface area (Å²) < 4.78 is 2.25. The number of hydrazine groups is 1. The molecule has 5 aromatic rings. The third-order valence-corrected chi connectivity index (χ3v) is 11.4. The van der Waals surface area contributed by atoms with Crippen molar-refractivity contribution in [1.82, 2.24) is 39.8 Å². The van der Waals surface area contributed by atoms with Gasteiger partial charge in [0.05, 0.1) is 23.9 Å². The maximum atomic E-state index is 13.3. The van der Waals surface area contributed by atoms with Crippen molar-refractivity contribution in [3.63, 3.8) is 0 Å². The van der Waals surface area contributed by atoms with E-state index in [1.165, 1.54) is 12.8 Å². The van der Waals surface area contributed by atoms with Gasteiger partial charge in [-0.3, -0.25) is 29.2 Å². The summed E-state index contributed by atoms with van der Waals surface area (Å²) in [7, 11) is 2.09. The van der Waals surface area contributed by atoms with Crippen LogP contribution in [0.25, 0.3) is 11.2 Å². The van der Waals surface area contributed by atoms with Crippen molar-refractivity contribution in [1.29, 1.82) is 0 Å². The number of urea groups is 1. The number of carbonyl (C=O) groups is 4. The molecule has 2 saturated heterocycles. The van der Waals surface area contributed by atoms with E-state index in [0.717, 1.165) is 88.5 Å². The highest BCUT2D eigenvalue weighted by Crippen LogP contribution is 2.36. The van der Waals surface area contributed by atoms with E-state index in [1.807, 2.05) is 36.4 Å². The highest BCUT2D eigenvalue weighted by molar-refractivity contribution is 6.22. The number of nitrogens with one attached hydrogen (secondary N) is 3. The Labute approximate surface area is 323 Å². The molecule has 4 aliphatic rings. The van der Waals surface area contributed by atoms with Crippen LogP contribution < -0.4 is 20.9 Å². The average molecular weight is 754 g/mol. The lowest BCUT2D eigenvalue weighted by molar-refractivity contribution is -0.122. The first-order valence-electron chi connectivity index (χ1n) is 19.3. The van der Waals surface area contributed by atoms with Crippen LogP contribution in [0, 0.1) is 0 Å². The van der Waals surface area contributed by atoms with Gasteiger partial charge in [-0.15, -0.1) is 0 Å². The number of rotatable bonds is 10. The van der Waals surface area contributed by atoms with Crippen molar-refractivity contribution < 1.29 is 19.2 Å². The Morgan fingerprint density at radius 1 is 0.804 bits per heavy atom. The Hall–Kier alpha value is -6.35. The molecule has 1 aliphatic carbocycles. The minimum absolute atomic E-state index is 0.0207. The van der Waals surface area contributed by atoms with Crippen LogP contribution in [-0.4, -0.2) is 90.9 Å². The van der Waals surface area contributed by atoms with E-state index >= 15 is 0 Å². The van der Waals surface area contributed by atoms with Gasteiger partial charge < -0.3 is 15.5 Å². The number of para-hydroxylation sites is 1. The molecule has 56 heavy (non-hydrogen) atoms. The zero-order chi connectivity index (χ0) is 38.3. The molecule has 15 heteroatoms. The zero-order valence-electron chi connectivity index (χ0n) is 31.1. The van der Waals surface area contributed by atoms with E-state index < -0.39 is 23.8 Å². The Kier molecular flexibility index (Phi) is 9.29. The Balaban J connectivity index is 0.813. The number of imide groups is 2. The van der Waals surface area contributed by atoms with Gasteiger partial charge in [-0.05, 0) is 86.8 Å². The predicted molar refractivity (Wildman–Crippen MR) is 211 cm³/mol. The first-order chi connectivity index (χ1) is 27.3. The molecule has 286 valence electrons. The van der Waals surface area contributed by atoms with Gasteiger partial charge in [-0.2, -0.15) is 9.99 Å². The van der Waals surface area contributed by atoms with Gasteiger partial charge in [-0.25, -0.2) is 19.8 Å². The van der Waals surface area contributed by atoms with Crippen LogP contribution in [0.5, 0.6) is 0 Å². The SMILES string of the molecule is CN(Cc1ccc2c(c1)C(=O)N(N1CCC(=O)NC1=O)C2=O)C1CCN(c2ccc(Nc3ncc4nc(Nc5ccccc5)n(C5CCCC5)c4n3)cc2)CC1. The van der Waals surface area contributed by atoms with Crippen LogP contribution in [-0.2, 0) is 11.3 Å². The second-order valence-electron chi connectivity index (χ2n) is 15.0. The minimum atomic E-state index is -0.771. The first-order valence-corrected chi connectivity index (χ1v) is 19.3. The van der Waals surface area contributed by atoms with Gasteiger partial charge in [0.1, 0.15) is 5.52 Å².